The summed E-state index contributed by atoms with van der Waals surface area (Å²) in [4.78, 5) is 12.3. The van der Waals surface area contributed by atoms with Crippen molar-refractivity contribution < 1.29 is 0 Å². The van der Waals surface area contributed by atoms with Crippen molar-refractivity contribution in [3.8, 4) is 0 Å². The molecule has 0 spiro atoms. The van der Waals surface area contributed by atoms with Crippen LogP contribution in [0.4, 0.5) is 0 Å². The van der Waals surface area contributed by atoms with Crippen LogP contribution in [0.3, 0.4) is 0 Å². The van der Waals surface area contributed by atoms with Gasteiger partial charge in [0.1, 0.15) is 5.82 Å². The van der Waals surface area contributed by atoms with Crippen molar-refractivity contribution in [2.45, 2.75) is 44.2 Å². The quantitative estimate of drug-likeness (QED) is 0.808. The van der Waals surface area contributed by atoms with Crippen LogP contribution >= 0.6 is 0 Å². The third kappa shape index (κ3) is 1.63. The minimum absolute atomic E-state index is 0.396. The second-order valence-electron chi connectivity index (χ2n) is 5.60. The number of rotatable bonds is 1. The number of aromatic nitrogens is 3. The van der Waals surface area contributed by atoms with Crippen LogP contribution in [0.2, 0.25) is 0 Å². The molecule has 4 heteroatoms. The van der Waals surface area contributed by atoms with Gasteiger partial charge in [-0.25, -0.2) is 9.97 Å². The Hall–Kier alpha value is -1.42. The summed E-state index contributed by atoms with van der Waals surface area (Å²) in [5.41, 5.74) is 1.88. The number of imidazole rings is 1. The van der Waals surface area contributed by atoms with E-state index in [0.29, 0.717) is 12.1 Å². The van der Waals surface area contributed by atoms with E-state index in [1.807, 2.05) is 12.1 Å². The Balaban J connectivity index is 1.63. The van der Waals surface area contributed by atoms with Gasteiger partial charge in [0, 0.05) is 12.2 Å². The maximum atomic E-state index is 4.62. The number of fused-ring (bicyclic) bond motifs is 2. The molecule has 1 aliphatic carbocycles. The number of hydrogen-bond donors (Lipinski definition) is 2. The SMILES string of the molecule is c1cnc2nc(C3CC4CCCCC4N3)[nH]c2c1. The maximum Gasteiger partial charge on any atom is 0.177 e. The summed E-state index contributed by atoms with van der Waals surface area (Å²) in [6.07, 6.45) is 8.52. The number of H-pyrrole nitrogens is 1. The largest absolute Gasteiger partial charge is 0.339 e. The first-order chi connectivity index (χ1) is 8.90. The van der Waals surface area contributed by atoms with E-state index in [1.54, 1.807) is 6.20 Å². The Morgan fingerprint density at radius 1 is 1.22 bits per heavy atom. The predicted molar refractivity (Wildman–Crippen MR) is 70.1 cm³/mol. The molecule has 2 aromatic heterocycles. The van der Waals surface area contributed by atoms with Crippen LogP contribution < -0.4 is 5.32 Å². The lowest BCUT2D eigenvalue weighted by molar-refractivity contribution is 0.325. The number of nitrogens with one attached hydrogen (secondary N) is 2. The maximum absolute atomic E-state index is 4.62. The first-order valence-electron chi connectivity index (χ1n) is 6.97. The molecule has 4 nitrogen and oxygen atoms in total. The molecule has 3 heterocycles. The molecular weight excluding hydrogens is 224 g/mol. The van der Waals surface area contributed by atoms with Crippen LogP contribution in [0.5, 0.6) is 0 Å². The molecule has 4 rings (SSSR count). The Morgan fingerprint density at radius 2 is 2.17 bits per heavy atom. The van der Waals surface area contributed by atoms with E-state index in [2.05, 4.69) is 20.3 Å². The van der Waals surface area contributed by atoms with Gasteiger partial charge in [0.2, 0.25) is 0 Å². The molecule has 2 N–H and O–H groups in total. The summed E-state index contributed by atoms with van der Waals surface area (Å²) in [5.74, 6) is 1.92. The Morgan fingerprint density at radius 3 is 3.06 bits per heavy atom. The summed E-state index contributed by atoms with van der Waals surface area (Å²) < 4.78 is 0. The first-order valence-corrected chi connectivity index (χ1v) is 6.97. The van der Waals surface area contributed by atoms with E-state index in [-0.39, 0.29) is 0 Å². The predicted octanol–water partition coefficient (Wildman–Crippen LogP) is 2.55. The highest BCUT2D eigenvalue weighted by Crippen LogP contribution is 2.38. The monoisotopic (exact) mass is 242 g/mol. The van der Waals surface area contributed by atoms with Gasteiger partial charge in [-0.3, -0.25) is 0 Å². The molecule has 3 unspecified atom stereocenters. The minimum Gasteiger partial charge on any atom is -0.339 e. The molecule has 2 aromatic rings. The van der Waals surface area contributed by atoms with Crippen molar-refractivity contribution in [1.82, 2.24) is 20.3 Å². The Labute approximate surface area is 106 Å². The normalized spacial score (nSPS) is 31.7. The summed E-state index contributed by atoms with van der Waals surface area (Å²) >= 11 is 0. The molecule has 2 fully saturated rings. The zero-order valence-corrected chi connectivity index (χ0v) is 10.4. The van der Waals surface area contributed by atoms with Crippen molar-refractivity contribution in [2.75, 3.05) is 0 Å². The van der Waals surface area contributed by atoms with E-state index in [9.17, 15) is 0 Å². The van der Waals surface area contributed by atoms with E-state index in [4.69, 9.17) is 0 Å². The third-order valence-corrected chi connectivity index (χ3v) is 4.47. The second-order valence-corrected chi connectivity index (χ2v) is 5.60. The highest BCUT2D eigenvalue weighted by Gasteiger charge is 2.36. The number of aromatic amines is 1. The van der Waals surface area contributed by atoms with Crippen molar-refractivity contribution in [1.29, 1.82) is 0 Å². The molecular formula is C14H18N4. The third-order valence-electron chi connectivity index (χ3n) is 4.47. The first kappa shape index (κ1) is 10.5. The van der Waals surface area contributed by atoms with Crippen molar-refractivity contribution in [3.05, 3.63) is 24.2 Å². The summed E-state index contributed by atoms with van der Waals surface area (Å²) in [6, 6.07) is 5.10. The van der Waals surface area contributed by atoms with Gasteiger partial charge in [-0.2, -0.15) is 0 Å². The van der Waals surface area contributed by atoms with Crippen molar-refractivity contribution >= 4 is 11.2 Å². The molecule has 2 aliphatic rings. The summed E-state index contributed by atoms with van der Waals surface area (Å²) in [7, 11) is 0. The number of pyridine rings is 1. The van der Waals surface area contributed by atoms with Crippen LogP contribution in [0.1, 0.15) is 44.0 Å². The molecule has 0 aromatic carbocycles. The van der Waals surface area contributed by atoms with Gasteiger partial charge >= 0.3 is 0 Å². The Kier molecular flexibility index (Phi) is 2.36. The highest BCUT2D eigenvalue weighted by atomic mass is 15.1. The summed E-state index contributed by atoms with van der Waals surface area (Å²) in [6.45, 7) is 0. The van der Waals surface area contributed by atoms with Gasteiger partial charge in [0.05, 0.1) is 11.6 Å². The average molecular weight is 242 g/mol. The Bertz CT molecular complexity index is 515. The lowest BCUT2D eigenvalue weighted by Crippen LogP contribution is -2.30. The van der Waals surface area contributed by atoms with Crippen molar-refractivity contribution in [2.24, 2.45) is 5.92 Å². The van der Waals surface area contributed by atoms with E-state index in [1.165, 1.54) is 32.1 Å². The van der Waals surface area contributed by atoms with Gasteiger partial charge in [-0.05, 0) is 37.3 Å². The molecule has 1 saturated heterocycles. The average Bonchev–Trinajstić information content (AvgIpc) is 3.02. The fourth-order valence-electron chi connectivity index (χ4n) is 3.56. The molecule has 1 aliphatic heterocycles. The van der Waals surface area contributed by atoms with Crippen LogP contribution in [0, 0.1) is 5.92 Å². The van der Waals surface area contributed by atoms with Gasteiger partial charge < -0.3 is 10.3 Å². The summed E-state index contributed by atoms with van der Waals surface area (Å²) in [5, 5.41) is 3.75. The number of hydrogen-bond acceptors (Lipinski definition) is 3. The molecule has 18 heavy (non-hydrogen) atoms. The molecule has 3 atom stereocenters. The fourth-order valence-corrected chi connectivity index (χ4v) is 3.56. The van der Waals surface area contributed by atoms with Gasteiger partial charge in [0.25, 0.3) is 0 Å². The standard InChI is InChI=1S/C14H18N4/c1-2-5-10-9(4-1)8-12(16-10)14-17-11-6-3-7-15-13(11)18-14/h3,6-7,9-10,12,16H,1-2,4-5,8H2,(H,15,17,18). The van der Waals surface area contributed by atoms with E-state index in [0.717, 1.165) is 22.9 Å². The van der Waals surface area contributed by atoms with Gasteiger partial charge in [0.15, 0.2) is 5.65 Å². The zero-order valence-electron chi connectivity index (χ0n) is 10.4. The molecule has 0 bridgehead atoms. The lowest BCUT2D eigenvalue weighted by Gasteiger charge is -2.24. The molecule has 0 radical (unpaired) electrons. The smallest absolute Gasteiger partial charge is 0.177 e. The molecule has 0 amide bonds. The van der Waals surface area contributed by atoms with Crippen LogP contribution in [-0.2, 0) is 0 Å². The molecule has 94 valence electrons. The molecule has 1 saturated carbocycles. The minimum atomic E-state index is 0.396. The van der Waals surface area contributed by atoms with E-state index < -0.39 is 0 Å². The highest BCUT2D eigenvalue weighted by molar-refractivity contribution is 5.70. The zero-order chi connectivity index (χ0) is 11.9. The number of nitrogens with zero attached hydrogens (tertiary/aromatic N) is 2. The van der Waals surface area contributed by atoms with Gasteiger partial charge in [-0.15, -0.1) is 0 Å². The second kappa shape index (κ2) is 4.05. The fraction of sp³-hybridized carbons (Fsp3) is 0.571. The lowest BCUT2D eigenvalue weighted by atomic mass is 9.85. The van der Waals surface area contributed by atoms with Crippen LogP contribution in [0.15, 0.2) is 18.3 Å². The van der Waals surface area contributed by atoms with Crippen LogP contribution in [-0.4, -0.2) is 21.0 Å². The van der Waals surface area contributed by atoms with E-state index >= 15 is 0 Å². The topological polar surface area (TPSA) is 53.6 Å². The van der Waals surface area contributed by atoms with Crippen molar-refractivity contribution in [3.63, 3.8) is 0 Å². The van der Waals surface area contributed by atoms with Gasteiger partial charge in [-0.1, -0.05) is 12.8 Å². The van der Waals surface area contributed by atoms with Crippen LogP contribution in [0.25, 0.3) is 11.2 Å².